The van der Waals surface area contributed by atoms with Gasteiger partial charge in [0.25, 0.3) is 0 Å². The minimum atomic E-state index is -0.312. The molecule has 1 rings (SSSR count). The summed E-state index contributed by atoms with van der Waals surface area (Å²) < 4.78 is 0. The topological polar surface area (TPSA) is 42.0 Å². The fourth-order valence-corrected chi connectivity index (χ4v) is 1.36. The number of hydrogen-bond acceptors (Lipinski definition) is 2. The lowest BCUT2D eigenvalue weighted by Gasteiger charge is -2.08. The Labute approximate surface area is 96.4 Å². The molecule has 76 valence electrons. The highest BCUT2D eigenvalue weighted by Gasteiger charge is 2.08. The van der Waals surface area contributed by atoms with Gasteiger partial charge in [0.2, 0.25) is 5.91 Å². The van der Waals surface area contributed by atoms with Crippen molar-refractivity contribution in [3.63, 3.8) is 0 Å². The molecular formula is C8H7Cl3N2O. The molecule has 0 saturated carbocycles. The molecule has 0 radical (unpaired) electrons. The zero-order chi connectivity index (χ0) is 10.7. The quantitative estimate of drug-likeness (QED) is 0.650. The van der Waals surface area contributed by atoms with Gasteiger partial charge in [0.05, 0.1) is 0 Å². The van der Waals surface area contributed by atoms with E-state index in [2.05, 4.69) is 10.3 Å². The van der Waals surface area contributed by atoms with E-state index in [9.17, 15) is 4.79 Å². The zero-order valence-electron chi connectivity index (χ0n) is 7.27. The van der Waals surface area contributed by atoms with E-state index in [4.69, 9.17) is 34.8 Å². The molecule has 1 heterocycles. The number of carbonyl (C=O) groups is 1. The molecule has 0 spiro atoms. The summed E-state index contributed by atoms with van der Waals surface area (Å²) in [4.78, 5) is 14.8. The van der Waals surface area contributed by atoms with Crippen LogP contribution in [0.4, 0.5) is 5.69 Å². The molecule has 0 aromatic carbocycles. The molecule has 0 fully saturated rings. The highest BCUT2D eigenvalue weighted by Crippen LogP contribution is 2.24. The number of hydrogen-bond donors (Lipinski definition) is 1. The van der Waals surface area contributed by atoms with Crippen molar-refractivity contribution < 1.29 is 4.79 Å². The summed E-state index contributed by atoms with van der Waals surface area (Å²) in [6.45, 7) is 1.73. The summed E-state index contributed by atoms with van der Waals surface area (Å²) in [6, 6.07) is 1.52. The van der Waals surface area contributed by atoms with E-state index in [1.54, 1.807) is 6.92 Å². The lowest BCUT2D eigenvalue weighted by molar-refractivity contribution is -0.113. The molecule has 0 saturated heterocycles. The predicted octanol–water partition coefficient (Wildman–Crippen LogP) is 2.87. The molecule has 0 aliphatic heterocycles. The highest BCUT2D eigenvalue weighted by atomic mass is 35.5. The van der Waals surface area contributed by atoms with E-state index in [0.717, 1.165) is 0 Å². The van der Waals surface area contributed by atoms with Crippen LogP contribution in [-0.2, 0) is 4.79 Å². The number of amides is 1. The Morgan fingerprint density at radius 3 is 2.79 bits per heavy atom. The fourth-order valence-electron chi connectivity index (χ4n) is 0.862. The molecule has 14 heavy (non-hydrogen) atoms. The number of pyridine rings is 1. The van der Waals surface area contributed by atoms with E-state index in [0.29, 0.717) is 11.3 Å². The molecule has 0 unspecified atom stereocenters. The summed E-state index contributed by atoms with van der Waals surface area (Å²) in [5.74, 6) is -0.426. The lowest BCUT2D eigenvalue weighted by Crippen LogP contribution is -2.13. The molecule has 1 aromatic rings. The Bertz CT molecular complexity index is 368. The monoisotopic (exact) mass is 252 g/mol. The molecule has 0 bridgehead atoms. The molecule has 3 nitrogen and oxygen atoms in total. The Hall–Kier alpha value is -0.510. The standard InChI is InChI=1S/C8H7Cl3N2O/c1-4-5(12-7(14)3-9)2-6(10)13-8(4)11/h2H,3H2,1H3,(H,12,13,14). The Kier molecular flexibility index (Phi) is 3.98. The first-order valence-corrected chi connectivity index (χ1v) is 5.02. The van der Waals surface area contributed by atoms with Crippen LogP contribution in [0.3, 0.4) is 0 Å². The van der Waals surface area contributed by atoms with Crippen LogP contribution in [0.2, 0.25) is 10.3 Å². The van der Waals surface area contributed by atoms with Crippen molar-refractivity contribution >= 4 is 46.4 Å². The molecule has 1 aromatic heterocycles. The van der Waals surface area contributed by atoms with Gasteiger partial charge in [-0.3, -0.25) is 4.79 Å². The fraction of sp³-hybridized carbons (Fsp3) is 0.250. The van der Waals surface area contributed by atoms with Crippen LogP contribution < -0.4 is 5.32 Å². The first-order chi connectivity index (χ1) is 6.54. The average molecular weight is 254 g/mol. The van der Waals surface area contributed by atoms with E-state index in [1.807, 2.05) is 0 Å². The second-order valence-corrected chi connectivity index (χ2v) is 3.60. The maximum atomic E-state index is 11.0. The van der Waals surface area contributed by atoms with Gasteiger partial charge in [-0.15, -0.1) is 11.6 Å². The van der Waals surface area contributed by atoms with Gasteiger partial charge in [0.15, 0.2) is 0 Å². The van der Waals surface area contributed by atoms with Crippen LogP contribution in [0.15, 0.2) is 6.07 Å². The molecular weight excluding hydrogens is 246 g/mol. The first kappa shape index (κ1) is 11.6. The van der Waals surface area contributed by atoms with Crippen LogP contribution in [0.5, 0.6) is 0 Å². The van der Waals surface area contributed by atoms with Crippen LogP contribution >= 0.6 is 34.8 Å². The molecule has 0 atom stereocenters. The van der Waals surface area contributed by atoms with E-state index >= 15 is 0 Å². The molecule has 0 aliphatic rings. The Morgan fingerprint density at radius 2 is 2.21 bits per heavy atom. The SMILES string of the molecule is Cc1c(NC(=O)CCl)cc(Cl)nc1Cl. The van der Waals surface area contributed by atoms with Crippen LogP contribution in [0.25, 0.3) is 0 Å². The maximum Gasteiger partial charge on any atom is 0.239 e. The van der Waals surface area contributed by atoms with Crippen molar-refractivity contribution in [2.45, 2.75) is 6.92 Å². The third-order valence-electron chi connectivity index (χ3n) is 1.58. The van der Waals surface area contributed by atoms with Crippen molar-refractivity contribution in [2.24, 2.45) is 0 Å². The number of anilines is 1. The summed E-state index contributed by atoms with van der Waals surface area (Å²) in [5.41, 5.74) is 1.19. The highest BCUT2D eigenvalue weighted by molar-refractivity contribution is 6.34. The van der Waals surface area contributed by atoms with Crippen molar-refractivity contribution in [3.8, 4) is 0 Å². The van der Waals surface area contributed by atoms with Gasteiger partial charge >= 0.3 is 0 Å². The van der Waals surface area contributed by atoms with Crippen LogP contribution in [0, 0.1) is 6.92 Å². The van der Waals surface area contributed by atoms with Gasteiger partial charge in [-0.2, -0.15) is 0 Å². The second-order valence-electron chi connectivity index (χ2n) is 2.59. The van der Waals surface area contributed by atoms with Crippen molar-refractivity contribution in [3.05, 3.63) is 21.9 Å². The van der Waals surface area contributed by atoms with Gasteiger partial charge in [-0.1, -0.05) is 23.2 Å². The van der Waals surface area contributed by atoms with Gasteiger partial charge in [0.1, 0.15) is 16.2 Å². The third kappa shape index (κ3) is 2.74. The number of nitrogens with one attached hydrogen (secondary N) is 1. The van der Waals surface area contributed by atoms with E-state index in [1.165, 1.54) is 6.07 Å². The van der Waals surface area contributed by atoms with Gasteiger partial charge in [0, 0.05) is 11.3 Å². The maximum absolute atomic E-state index is 11.0. The smallest absolute Gasteiger partial charge is 0.239 e. The lowest BCUT2D eigenvalue weighted by atomic mass is 10.2. The van der Waals surface area contributed by atoms with Crippen molar-refractivity contribution in [1.29, 1.82) is 0 Å². The number of rotatable bonds is 2. The molecule has 0 aliphatic carbocycles. The minimum Gasteiger partial charge on any atom is -0.325 e. The van der Waals surface area contributed by atoms with Crippen molar-refractivity contribution in [1.82, 2.24) is 4.98 Å². The van der Waals surface area contributed by atoms with Crippen LogP contribution in [-0.4, -0.2) is 16.8 Å². The normalized spacial score (nSPS) is 10.0. The predicted molar refractivity (Wildman–Crippen MR) is 58.3 cm³/mol. The Balaban J connectivity index is 3.02. The van der Waals surface area contributed by atoms with Crippen molar-refractivity contribution in [2.75, 3.05) is 11.2 Å². The average Bonchev–Trinajstić information content (AvgIpc) is 2.13. The van der Waals surface area contributed by atoms with Gasteiger partial charge < -0.3 is 5.32 Å². The largest absolute Gasteiger partial charge is 0.325 e. The van der Waals surface area contributed by atoms with Crippen LogP contribution in [0.1, 0.15) is 5.56 Å². The summed E-state index contributed by atoms with van der Waals surface area (Å²) in [5, 5.41) is 3.06. The number of carbonyl (C=O) groups excluding carboxylic acids is 1. The van der Waals surface area contributed by atoms with Gasteiger partial charge in [-0.25, -0.2) is 4.98 Å². The number of nitrogens with zero attached hydrogens (tertiary/aromatic N) is 1. The number of halogens is 3. The summed E-state index contributed by atoms with van der Waals surface area (Å²) in [7, 11) is 0. The van der Waals surface area contributed by atoms with E-state index < -0.39 is 0 Å². The van der Waals surface area contributed by atoms with E-state index in [-0.39, 0.29) is 22.1 Å². The second kappa shape index (κ2) is 4.82. The van der Waals surface area contributed by atoms with Gasteiger partial charge in [-0.05, 0) is 13.0 Å². The summed E-state index contributed by atoms with van der Waals surface area (Å²) in [6.07, 6.45) is 0. The Morgan fingerprint density at radius 1 is 1.57 bits per heavy atom. The zero-order valence-corrected chi connectivity index (χ0v) is 9.54. The third-order valence-corrected chi connectivity index (χ3v) is 2.38. The molecule has 1 amide bonds. The first-order valence-electron chi connectivity index (χ1n) is 3.73. The number of alkyl halides is 1. The molecule has 1 N–H and O–H groups in total. The summed E-state index contributed by atoms with van der Waals surface area (Å²) >= 11 is 16.8. The minimum absolute atomic E-state index is 0.114. The molecule has 6 heteroatoms. The number of aromatic nitrogens is 1.